The maximum absolute atomic E-state index is 0. The molecule has 0 amide bonds. The Bertz CT molecular complexity index is 17.5. The average Bonchev–Trinajstić information content (AvgIpc) is 0. The first-order valence-electron chi connectivity index (χ1n) is 0. The molecule has 0 aliphatic carbocycles. The van der Waals surface area contributed by atoms with Gasteiger partial charge in [0.2, 0.25) is 0 Å². The van der Waals surface area contributed by atoms with E-state index in [1.54, 1.807) is 0 Å². The van der Waals surface area contributed by atoms with Crippen molar-refractivity contribution in [3.63, 3.8) is 0 Å². The van der Waals surface area contributed by atoms with Crippen LogP contribution in [0.15, 0.2) is 0 Å². The van der Waals surface area contributed by atoms with Crippen LogP contribution in [0.3, 0.4) is 0 Å². The molecule has 4 radical (unpaired) electrons. The largest absolute Gasteiger partial charge is 2.00 e. The van der Waals surface area contributed by atoms with Crippen LogP contribution in [-0.2, 0) is 68.3 Å². The van der Waals surface area contributed by atoms with Crippen LogP contribution in [0, 0.1) is 0 Å². The summed E-state index contributed by atoms with van der Waals surface area (Å²) in [6.45, 7) is 0. The van der Waals surface area contributed by atoms with Gasteiger partial charge in [-0.05, 0) is 0 Å². The van der Waals surface area contributed by atoms with E-state index in [0.29, 0.717) is 0 Å². The maximum atomic E-state index is 0. The van der Waals surface area contributed by atoms with Gasteiger partial charge in [-0.25, -0.2) is 0 Å². The number of hydrogen-bond acceptors (Lipinski definition) is 6. The first kappa shape index (κ1) is 444. The SMILES string of the molecule is [Cl-].[Cl-].[Cu+2].[Cu+2].[Cu+2].[Cu+2].[OH-].[OH-].[OH-].[OH-].[OH-].[OH-]. The summed E-state index contributed by atoms with van der Waals surface area (Å²) in [6.07, 6.45) is 0. The second kappa shape index (κ2) is 354. The maximum Gasteiger partial charge on any atom is 2.00 e. The molecule has 0 aliphatic rings. The van der Waals surface area contributed by atoms with Crippen molar-refractivity contribution in [2.45, 2.75) is 0 Å². The fourth-order valence-corrected chi connectivity index (χ4v) is 0. The van der Waals surface area contributed by atoms with E-state index < -0.39 is 0 Å². The first-order valence-corrected chi connectivity index (χ1v) is 0. The molecule has 0 atom stereocenters. The molecule has 0 saturated carbocycles. The molecule has 6 N–H and O–H groups in total. The van der Waals surface area contributed by atoms with Gasteiger partial charge in [-0.3, -0.25) is 0 Å². The van der Waals surface area contributed by atoms with Crippen LogP contribution < -0.4 is 24.8 Å². The summed E-state index contributed by atoms with van der Waals surface area (Å²) in [5.74, 6) is 0. The molecule has 0 aromatic heterocycles. The van der Waals surface area contributed by atoms with Gasteiger partial charge in [0.25, 0.3) is 0 Å². The van der Waals surface area contributed by atoms with Crippen molar-refractivity contribution in [3.8, 4) is 0 Å². The van der Waals surface area contributed by atoms with Crippen molar-refractivity contribution in [2.75, 3.05) is 0 Å². The molecule has 6 nitrogen and oxygen atoms in total. The summed E-state index contributed by atoms with van der Waals surface area (Å²) >= 11 is 0. The van der Waals surface area contributed by atoms with Crippen molar-refractivity contribution >= 4 is 0 Å². The zero-order chi connectivity index (χ0) is 0. The van der Waals surface area contributed by atoms with Gasteiger partial charge >= 0.3 is 68.3 Å². The number of rotatable bonds is 0. The Balaban J connectivity index is 0. The Morgan fingerprint density at radius 3 is 0.250 bits per heavy atom. The van der Waals surface area contributed by atoms with Crippen LogP contribution in [0.2, 0.25) is 0 Å². The standard InChI is InChI=1S/2ClH.4Cu.6H2O/h2*1H;;;;;6*1H2/q;;4*+2;;;;;;/p-8. The normalized spacial score (nSPS) is 0. The summed E-state index contributed by atoms with van der Waals surface area (Å²) in [5, 5.41) is 0. The van der Waals surface area contributed by atoms with E-state index in [4.69, 9.17) is 0 Å². The minimum atomic E-state index is 0. The van der Waals surface area contributed by atoms with Gasteiger partial charge < -0.3 is 57.7 Å². The average molecular weight is 427 g/mol. The smallest absolute Gasteiger partial charge is 1.00 e. The fourth-order valence-electron chi connectivity index (χ4n) is 0. The third kappa shape index (κ3) is 277. The first-order chi connectivity index (χ1) is 0. The molecule has 0 aliphatic heterocycles. The summed E-state index contributed by atoms with van der Waals surface area (Å²) < 4.78 is 0. The molecule has 0 unspecified atom stereocenters. The number of hydrogen-bond donors (Lipinski definition) is 0. The van der Waals surface area contributed by atoms with Crippen molar-refractivity contribution < 1.29 is 126 Å². The zero-order valence-electron chi connectivity index (χ0n) is 4.65. The van der Waals surface area contributed by atoms with Crippen molar-refractivity contribution in [1.82, 2.24) is 0 Å². The molecule has 0 rings (SSSR count). The zero-order valence-corrected chi connectivity index (χ0v) is 9.92. The Morgan fingerprint density at radius 1 is 0.250 bits per heavy atom. The molecular weight excluding hydrogens is 421 g/mol. The Hall–Kier alpha value is 2.42. The second-order valence-electron chi connectivity index (χ2n) is 0. The fraction of sp³-hybridized carbons (Fsp3) is 0. The van der Waals surface area contributed by atoms with Crippen LogP contribution in [0.1, 0.15) is 0 Å². The molecule has 12 heteroatoms. The Labute approximate surface area is 125 Å². The molecule has 0 spiro atoms. The van der Waals surface area contributed by atoms with Crippen molar-refractivity contribution in [2.24, 2.45) is 0 Å². The van der Waals surface area contributed by atoms with E-state index in [-0.39, 0.29) is 126 Å². The Morgan fingerprint density at radius 2 is 0.250 bits per heavy atom. The van der Waals surface area contributed by atoms with Crippen LogP contribution in [-0.4, -0.2) is 32.9 Å². The summed E-state index contributed by atoms with van der Waals surface area (Å²) in [7, 11) is 0. The van der Waals surface area contributed by atoms with Crippen LogP contribution in [0.5, 0.6) is 0 Å². The van der Waals surface area contributed by atoms with Crippen LogP contribution >= 0.6 is 0 Å². The molecule has 0 fully saturated rings. The van der Waals surface area contributed by atoms with E-state index in [1.807, 2.05) is 0 Å². The van der Waals surface area contributed by atoms with Crippen LogP contribution in [0.4, 0.5) is 0 Å². The van der Waals surface area contributed by atoms with Crippen molar-refractivity contribution in [1.29, 1.82) is 0 Å². The van der Waals surface area contributed by atoms with Gasteiger partial charge in [0, 0.05) is 0 Å². The molecular formula is H6Cl2Cu4O6. The minimum Gasteiger partial charge on any atom is -1.00 e. The molecule has 12 heavy (non-hydrogen) atoms. The molecule has 100 valence electrons. The van der Waals surface area contributed by atoms with Gasteiger partial charge in [0.15, 0.2) is 0 Å². The van der Waals surface area contributed by atoms with Gasteiger partial charge in [-0.2, -0.15) is 0 Å². The predicted octanol–water partition coefficient (Wildman–Crippen LogP) is -7.06. The van der Waals surface area contributed by atoms with E-state index in [0.717, 1.165) is 0 Å². The third-order valence-electron chi connectivity index (χ3n) is 0. The molecule has 0 heterocycles. The van der Waals surface area contributed by atoms with Crippen molar-refractivity contribution in [3.05, 3.63) is 0 Å². The topological polar surface area (TPSA) is 180 Å². The summed E-state index contributed by atoms with van der Waals surface area (Å²) in [6, 6.07) is 0. The number of halogens is 2. The monoisotopic (exact) mass is 424 g/mol. The quantitative estimate of drug-likeness (QED) is 0.346. The third-order valence-corrected chi connectivity index (χ3v) is 0. The molecule has 0 bridgehead atoms. The van der Waals surface area contributed by atoms with E-state index in [1.165, 1.54) is 0 Å². The summed E-state index contributed by atoms with van der Waals surface area (Å²) in [5.41, 5.74) is 0. The van der Waals surface area contributed by atoms with E-state index in [9.17, 15) is 0 Å². The molecule has 0 aromatic carbocycles. The second-order valence-corrected chi connectivity index (χ2v) is 0. The van der Waals surface area contributed by atoms with Gasteiger partial charge in [0.1, 0.15) is 0 Å². The predicted molar refractivity (Wildman–Crippen MR) is 11.6 cm³/mol. The molecule has 0 saturated heterocycles. The van der Waals surface area contributed by atoms with E-state index in [2.05, 4.69) is 0 Å². The minimum absolute atomic E-state index is 0. The molecule has 0 aromatic rings. The van der Waals surface area contributed by atoms with Gasteiger partial charge in [-0.1, -0.05) is 0 Å². The van der Waals surface area contributed by atoms with Crippen LogP contribution in [0.25, 0.3) is 0 Å². The van der Waals surface area contributed by atoms with E-state index >= 15 is 0 Å². The summed E-state index contributed by atoms with van der Waals surface area (Å²) in [4.78, 5) is 0. The Kier molecular flexibility index (Phi) is 13100. The van der Waals surface area contributed by atoms with Gasteiger partial charge in [-0.15, -0.1) is 0 Å². The van der Waals surface area contributed by atoms with Gasteiger partial charge in [0.05, 0.1) is 0 Å².